The molecule has 438 valence electrons. The molecule has 8 aromatic heterocycles. The molecular weight excluding hydrogens is 1100 g/mol. The number of furan rings is 2. The summed E-state index contributed by atoms with van der Waals surface area (Å²) in [6.45, 7) is 9.97. The van der Waals surface area contributed by atoms with Crippen molar-refractivity contribution in [3.8, 4) is 34.7 Å². The first-order valence-electron chi connectivity index (χ1n) is 28.0. The Morgan fingerprint density at radius 2 is 0.977 bits per heavy atom. The minimum absolute atomic E-state index is 0.0295. The summed E-state index contributed by atoms with van der Waals surface area (Å²) in [5.74, 6) is 2.80. The molecular formula is C58H58N20O8. The van der Waals surface area contributed by atoms with Crippen molar-refractivity contribution in [1.29, 1.82) is 0 Å². The Kier molecular flexibility index (Phi) is 14.3. The number of nitrogen functional groups attached to an aromatic ring is 2. The molecule has 3 aromatic carbocycles. The summed E-state index contributed by atoms with van der Waals surface area (Å²) in [5, 5.41) is 19.1. The van der Waals surface area contributed by atoms with Gasteiger partial charge in [0.2, 0.25) is 35.4 Å². The molecule has 2 fully saturated rings. The fourth-order valence-corrected chi connectivity index (χ4v) is 10.9. The van der Waals surface area contributed by atoms with Gasteiger partial charge in [-0.05, 0) is 98.8 Å². The van der Waals surface area contributed by atoms with Crippen LogP contribution in [0.1, 0.15) is 46.6 Å². The summed E-state index contributed by atoms with van der Waals surface area (Å²) >= 11 is 0. The van der Waals surface area contributed by atoms with Gasteiger partial charge in [0.05, 0.1) is 53.4 Å². The predicted octanol–water partition coefficient (Wildman–Crippen LogP) is 4.46. The molecule has 28 heteroatoms. The van der Waals surface area contributed by atoms with E-state index < -0.39 is 12.1 Å². The molecule has 11 heterocycles. The van der Waals surface area contributed by atoms with Gasteiger partial charge in [-0.2, -0.15) is 29.2 Å². The second-order valence-corrected chi connectivity index (χ2v) is 20.6. The lowest BCUT2D eigenvalue weighted by Gasteiger charge is -2.37. The lowest BCUT2D eigenvalue weighted by molar-refractivity contribution is -0.135. The van der Waals surface area contributed by atoms with Gasteiger partial charge >= 0.3 is 0 Å². The molecule has 0 spiro atoms. The number of piperazine rings is 2. The van der Waals surface area contributed by atoms with Gasteiger partial charge in [-0.1, -0.05) is 12.1 Å². The second kappa shape index (κ2) is 22.7. The van der Waals surface area contributed by atoms with Crippen molar-refractivity contribution in [3.63, 3.8) is 0 Å². The minimum Gasteiger partial charge on any atom is -0.492 e. The third kappa shape index (κ3) is 10.1. The van der Waals surface area contributed by atoms with Crippen LogP contribution < -0.4 is 36.5 Å². The topological polar surface area (TPSA) is 329 Å². The molecule has 28 nitrogen and oxygen atoms in total. The second-order valence-electron chi connectivity index (χ2n) is 20.6. The summed E-state index contributed by atoms with van der Waals surface area (Å²) < 4.78 is 28.3. The molecule has 14 rings (SSSR count). The average Bonchev–Trinajstić information content (AvgIpc) is 2.08. The Labute approximate surface area is 488 Å². The SMILES string of the molecule is CC(C(=O)N1CCN(c2ccc(OCCN)cc2)CC1)n1ncc2c1nc(N)n1nc(-c3ccco3)nc21.CC(C(=O)N1CCN(c2ccc(OCCN3C(=O)c4ccccc4C3=O)cc2)CC1)n1ncc2c1nc(N)n1nc(-c3ccco3)nc21. The van der Waals surface area contributed by atoms with Gasteiger partial charge in [0.1, 0.15) is 36.8 Å². The summed E-state index contributed by atoms with van der Waals surface area (Å²) in [7, 11) is 0. The Morgan fingerprint density at radius 1 is 0.547 bits per heavy atom. The Bertz CT molecular complexity index is 4260. The van der Waals surface area contributed by atoms with E-state index in [1.165, 1.54) is 13.9 Å². The summed E-state index contributed by atoms with van der Waals surface area (Å²) in [5.41, 5.74) is 22.8. The highest BCUT2D eigenvalue weighted by Crippen LogP contribution is 2.30. The first-order chi connectivity index (χ1) is 41.9. The van der Waals surface area contributed by atoms with Crippen molar-refractivity contribution >= 4 is 80.3 Å². The van der Waals surface area contributed by atoms with Crippen molar-refractivity contribution in [2.24, 2.45) is 5.73 Å². The molecule has 0 aliphatic carbocycles. The van der Waals surface area contributed by atoms with E-state index in [4.69, 9.17) is 35.5 Å². The van der Waals surface area contributed by atoms with Crippen molar-refractivity contribution < 1.29 is 37.5 Å². The van der Waals surface area contributed by atoms with Crippen LogP contribution in [0.4, 0.5) is 23.3 Å². The monoisotopic (exact) mass is 1160 g/mol. The normalized spacial score (nSPS) is 15.2. The summed E-state index contributed by atoms with van der Waals surface area (Å²) in [6.07, 6.45) is 6.36. The number of anilines is 4. The van der Waals surface area contributed by atoms with Crippen LogP contribution in [0.2, 0.25) is 0 Å². The van der Waals surface area contributed by atoms with Gasteiger partial charge < -0.3 is 55.1 Å². The quantitative estimate of drug-likeness (QED) is 0.119. The van der Waals surface area contributed by atoms with Gasteiger partial charge in [0.15, 0.2) is 34.1 Å². The number of hydrogen-bond acceptors (Lipinski definition) is 21. The number of nitrogens with two attached hydrogens (primary N) is 3. The molecule has 2 unspecified atom stereocenters. The zero-order valence-corrected chi connectivity index (χ0v) is 46.8. The Hall–Kier alpha value is -10.9. The molecule has 2 atom stereocenters. The van der Waals surface area contributed by atoms with Crippen molar-refractivity contribution in [3.05, 3.63) is 133 Å². The largest absolute Gasteiger partial charge is 0.492 e. The van der Waals surface area contributed by atoms with Crippen LogP contribution in [-0.4, -0.2) is 176 Å². The Morgan fingerprint density at radius 3 is 1.38 bits per heavy atom. The maximum absolute atomic E-state index is 13.6. The number of amides is 4. The van der Waals surface area contributed by atoms with Crippen molar-refractivity contribution in [2.75, 3.05) is 99.9 Å². The number of nitrogens with zero attached hydrogens (tertiary/aromatic N) is 17. The first kappa shape index (κ1) is 54.4. The van der Waals surface area contributed by atoms with E-state index >= 15 is 0 Å². The lowest BCUT2D eigenvalue weighted by Crippen LogP contribution is -2.50. The molecule has 6 N–H and O–H groups in total. The first-order valence-corrected chi connectivity index (χ1v) is 28.0. The number of carbonyl (C=O) groups excluding carboxylic acids is 4. The van der Waals surface area contributed by atoms with Crippen LogP contribution in [0.15, 0.2) is 131 Å². The number of ether oxygens (including phenoxy) is 2. The number of hydrogen-bond donors (Lipinski definition) is 3. The third-order valence-electron chi connectivity index (χ3n) is 15.5. The lowest BCUT2D eigenvalue weighted by atomic mass is 10.1. The molecule has 3 aliphatic heterocycles. The van der Waals surface area contributed by atoms with Gasteiger partial charge in [-0.15, -0.1) is 10.2 Å². The number of rotatable bonds is 15. The van der Waals surface area contributed by atoms with Gasteiger partial charge in [-0.3, -0.25) is 24.1 Å². The molecule has 0 radical (unpaired) electrons. The van der Waals surface area contributed by atoms with E-state index in [2.05, 4.69) is 50.1 Å². The molecule has 4 amide bonds. The predicted molar refractivity (Wildman–Crippen MR) is 314 cm³/mol. The van der Waals surface area contributed by atoms with E-state index in [9.17, 15) is 19.2 Å². The van der Waals surface area contributed by atoms with Crippen LogP contribution in [0.3, 0.4) is 0 Å². The van der Waals surface area contributed by atoms with Gasteiger partial charge in [-0.25, -0.2) is 19.3 Å². The molecule has 86 heavy (non-hydrogen) atoms. The van der Waals surface area contributed by atoms with Gasteiger partial charge in [0.25, 0.3) is 11.8 Å². The summed E-state index contributed by atoms with van der Waals surface area (Å²) in [6, 6.07) is 28.3. The maximum atomic E-state index is 13.6. The van der Waals surface area contributed by atoms with E-state index in [0.29, 0.717) is 126 Å². The molecule has 3 aliphatic rings. The van der Waals surface area contributed by atoms with Crippen LogP contribution >= 0.6 is 0 Å². The van der Waals surface area contributed by atoms with Crippen molar-refractivity contribution in [1.82, 2.24) is 73.4 Å². The number of benzene rings is 3. The zero-order chi connectivity index (χ0) is 59.2. The molecule has 11 aromatic rings. The Balaban J connectivity index is 0.000000164. The zero-order valence-electron chi connectivity index (χ0n) is 46.8. The molecule has 0 bridgehead atoms. The summed E-state index contributed by atoms with van der Waals surface area (Å²) in [4.78, 5) is 79.8. The smallest absolute Gasteiger partial charge is 0.261 e. The number of aromatic nitrogens is 12. The van der Waals surface area contributed by atoms with Crippen molar-refractivity contribution in [2.45, 2.75) is 25.9 Å². The highest BCUT2D eigenvalue weighted by molar-refractivity contribution is 6.21. The minimum atomic E-state index is -0.618. The van der Waals surface area contributed by atoms with E-state index in [1.54, 1.807) is 89.7 Å². The van der Waals surface area contributed by atoms with Crippen LogP contribution in [-0.2, 0) is 9.59 Å². The van der Waals surface area contributed by atoms with E-state index in [-0.39, 0.29) is 48.7 Å². The fraction of sp³-hybridized carbons (Fsp3) is 0.276. The highest BCUT2D eigenvalue weighted by Gasteiger charge is 2.35. The van der Waals surface area contributed by atoms with E-state index in [0.717, 1.165) is 30.2 Å². The number of imide groups is 1. The molecule has 0 saturated carbocycles. The number of carbonyl (C=O) groups is 4. The van der Waals surface area contributed by atoms with Crippen LogP contribution in [0, 0.1) is 0 Å². The van der Waals surface area contributed by atoms with Crippen LogP contribution in [0.5, 0.6) is 11.5 Å². The number of fused-ring (bicyclic) bond motifs is 7. The standard InChI is InChI=1S/C33H30N10O5.C25H28N10O3/c1-20(42-29-25(19-35-42)28-36-27(26-7-4-17-48-26)38-43(28)33(34)37-29)30(44)40-14-12-39(13-15-40)21-8-10-22(11-9-21)47-18-16-41-31(45)23-5-2-3-6-24(23)32(41)46;1-16(24(36)33-11-9-32(10-12-33)17-4-6-18(7-5-17)37-14-8-26)34-23-19(15-28-34)22-29-21(20-3-2-13-38-20)31-35(22)25(27)30-23/h2-11,17,19-20H,12-16,18H2,1H3,(H2,34,37);2-7,13,15-16H,8-12,14,26H2,1H3,(H2,27,30). The molecule has 2 saturated heterocycles. The van der Waals surface area contributed by atoms with Gasteiger partial charge in [0, 0.05) is 70.3 Å². The fourth-order valence-electron chi connectivity index (χ4n) is 10.9. The average molecular weight is 1160 g/mol. The van der Waals surface area contributed by atoms with Crippen LogP contribution in [0.25, 0.3) is 56.5 Å². The van der Waals surface area contributed by atoms with E-state index in [1.807, 2.05) is 65.3 Å². The maximum Gasteiger partial charge on any atom is 0.261 e. The third-order valence-corrected chi connectivity index (χ3v) is 15.5. The highest BCUT2D eigenvalue weighted by atomic mass is 16.5.